The van der Waals surface area contributed by atoms with Gasteiger partial charge in [0.15, 0.2) is 11.6 Å². The van der Waals surface area contributed by atoms with Gasteiger partial charge in [-0.3, -0.25) is 0 Å². The molecule has 1 aliphatic heterocycles. The summed E-state index contributed by atoms with van der Waals surface area (Å²) in [7, 11) is 2.03. The summed E-state index contributed by atoms with van der Waals surface area (Å²) in [6.07, 6.45) is 1.54. The molecule has 2 rings (SSSR count). The monoisotopic (exact) mass is 226 g/mol. The van der Waals surface area contributed by atoms with Crippen LogP contribution in [0.1, 0.15) is 18.4 Å². The molecule has 88 valence electrons. The first-order chi connectivity index (χ1) is 7.51. The Bertz CT molecular complexity index is 385. The SMILES string of the molecule is CN1CCC(N)(c2ccc(F)c(F)c2)CC1. The zero-order valence-electron chi connectivity index (χ0n) is 9.34. The zero-order valence-corrected chi connectivity index (χ0v) is 9.34. The average molecular weight is 226 g/mol. The van der Waals surface area contributed by atoms with Gasteiger partial charge in [-0.2, -0.15) is 0 Å². The highest BCUT2D eigenvalue weighted by atomic mass is 19.2. The van der Waals surface area contributed by atoms with Gasteiger partial charge in [-0.15, -0.1) is 0 Å². The Morgan fingerprint density at radius 2 is 1.81 bits per heavy atom. The first-order valence-electron chi connectivity index (χ1n) is 5.44. The van der Waals surface area contributed by atoms with Gasteiger partial charge in [-0.1, -0.05) is 6.07 Å². The maximum atomic E-state index is 13.1. The van der Waals surface area contributed by atoms with E-state index in [-0.39, 0.29) is 0 Å². The Labute approximate surface area is 94.0 Å². The van der Waals surface area contributed by atoms with Crippen LogP contribution < -0.4 is 5.73 Å². The third-order valence-electron chi connectivity index (χ3n) is 3.37. The molecule has 4 heteroatoms. The highest BCUT2D eigenvalue weighted by Gasteiger charge is 2.31. The average Bonchev–Trinajstić information content (AvgIpc) is 2.26. The predicted octanol–water partition coefficient (Wildman–Crippen LogP) is 1.84. The molecule has 2 nitrogen and oxygen atoms in total. The molecule has 1 saturated heterocycles. The molecule has 1 heterocycles. The summed E-state index contributed by atoms with van der Waals surface area (Å²) < 4.78 is 26.0. The number of nitrogens with two attached hydrogens (primary N) is 1. The maximum Gasteiger partial charge on any atom is 0.159 e. The molecule has 2 N–H and O–H groups in total. The number of hydrogen-bond donors (Lipinski definition) is 1. The van der Waals surface area contributed by atoms with Gasteiger partial charge in [-0.25, -0.2) is 8.78 Å². The van der Waals surface area contributed by atoms with Gasteiger partial charge in [0.1, 0.15) is 0 Å². The number of rotatable bonds is 1. The Morgan fingerprint density at radius 3 is 2.38 bits per heavy atom. The number of hydrogen-bond acceptors (Lipinski definition) is 2. The van der Waals surface area contributed by atoms with E-state index in [9.17, 15) is 8.78 Å². The van der Waals surface area contributed by atoms with E-state index in [2.05, 4.69) is 4.90 Å². The van der Waals surface area contributed by atoms with Crippen LogP contribution in [0.2, 0.25) is 0 Å². The van der Waals surface area contributed by atoms with Crippen molar-refractivity contribution >= 4 is 0 Å². The van der Waals surface area contributed by atoms with E-state index >= 15 is 0 Å². The van der Waals surface area contributed by atoms with Crippen molar-refractivity contribution in [1.82, 2.24) is 4.90 Å². The molecule has 0 spiro atoms. The minimum atomic E-state index is -0.819. The van der Waals surface area contributed by atoms with Crippen LogP contribution in [0.15, 0.2) is 18.2 Å². The highest BCUT2D eigenvalue weighted by Crippen LogP contribution is 2.30. The van der Waals surface area contributed by atoms with Gasteiger partial charge in [-0.05, 0) is 50.7 Å². The molecule has 0 amide bonds. The van der Waals surface area contributed by atoms with Crippen molar-refractivity contribution in [3.8, 4) is 0 Å². The Hall–Kier alpha value is -1.00. The van der Waals surface area contributed by atoms with E-state index in [0.29, 0.717) is 5.56 Å². The Morgan fingerprint density at radius 1 is 1.19 bits per heavy atom. The predicted molar refractivity (Wildman–Crippen MR) is 59.0 cm³/mol. The molecule has 0 aliphatic carbocycles. The van der Waals surface area contributed by atoms with Gasteiger partial charge < -0.3 is 10.6 Å². The van der Waals surface area contributed by atoms with E-state index in [4.69, 9.17) is 5.73 Å². The van der Waals surface area contributed by atoms with E-state index in [0.717, 1.165) is 32.0 Å². The van der Waals surface area contributed by atoms with Gasteiger partial charge in [0.2, 0.25) is 0 Å². The fraction of sp³-hybridized carbons (Fsp3) is 0.500. The van der Waals surface area contributed by atoms with Gasteiger partial charge in [0.25, 0.3) is 0 Å². The largest absolute Gasteiger partial charge is 0.321 e. The Balaban J connectivity index is 2.25. The summed E-state index contributed by atoms with van der Waals surface area (Å²) in [6, 6.07) is 3.96. The third-order valence-corrected chi connectivity index (χ3v) is 3.37. The van der Waals surface area contributed by atoms with Crippen LogP contribution >= 0.6 is 0 Å². The first kappa shape index (κ1) is 11.5. The zero-order chi connectivity index (χ0) is 11.8. The molecular formula is C12H16F2N2. The molecule has 16 heavy (non-hydrogen) atoms. The minimum Gasteiger partial charge on any atom is -0.321 e. The molecule has 0 aromatic heterocycles. The summed E-state index contributed by atoms with van der Waals surface area (Å²) in [5, 5.41) is 0. The number of piperidine rings is 1. The van der Waals surface area contributed by atoms with Crippen molar-refractivity contribution in [2.24, 2.45) is 5.73 Å². The smallest absolute Gasteiger partial charge is 0.159 e. The second kappa shape index (κ2) is 4.11. The Kier molecular flexibility index (Phi) is 2.95. The number of likely N-dealkylation sites (tertiary alicyclic amines) is 1. The van der Waals surface area contributed by atoms with Crippen molar-refractivity contribution in [3.05, 3.63) is 35.4 Å². The van der Waals surface area contributed by atoms with Crippen molar-refractivity contribution in [2.45, 2.75) is 18.4 Å². The van der Waals surface area contributed by atoms with Crippen LogP contribution in [0.5, 0.6) is 0 Å². The lowest BCUT2D eigenvalue weighted by Crippen LogP contribution is -2.47. The number of halogens is 2. The molecule has 1 aromatic rings. The van der Waals surface area contributed by atoms with E-state index in [1.54, 1.807) is 6.07 Å². The van der Waals surface area contributed by atoms with Gasteiger partial charge >= 0.3 is 0 Å². The van der Waals surface area contributed by atoms with E-state index < -0.39 is 17.2 Å². The number of benzene rings is 1. The normalized spacial score (nSPS) is 21.0. The quantitative estimate of drug-likeness (QED) is 0.791. The summed E-state index contributed by atoms with van der Waals surface area (Å²) in [6.45, 7) is 1.77. The van der Waals surface area contributed by atoms with E-state index in [1.165, 1.54) is 6.07 Å². The second-order valence-electron chi connectivity index (χ2n) is 4.59. The molecule has 0 bridgehead atoms. The fourth-order valence-electron chi connectivity index (χ4n) is 2.11. The first-order valence-corrected chi connectivity index (χ1v) is 5.44. The fourth-order valence-corrected chi connectivity index (χ4v) is 2.11. The van der Waals surface area contributed by atoms with Crippen molar-refractivity contribution in [2.75, 3.05) is 20.1 Å². The van der Waals surface area contributed by atoms with E-state index in [1.807, 2.05) is 7.05 Å². The summed E-state index contributed by atoms with van der Waals surface area (Å²) in [5.74, 6) is -1.64. The molecule has 0 saturated carbocycles. The lowest BCUT2D eigenvalue weighted by Gasteiger charge is -2.38. The standard InChI is InChI=1S/C12H16F2N2/c1-16-6-4-12(15,5-7-16)9-2-3-10(13)11(14)8-9/h2-3,8H,4-7,15H2,1H3. The molecule has 1 fully saturated rings. The van der Waals surface area contributed by atoms with Crippen LogP contribution in [-0.4, -0.2) is 25.0 Å². The highest BCUT2D eigenvalue weighted by molar-refractivity contribution is 5.26. The topological polar surface area (TPSA) is 29.3 Å². The van der Waals surface area contributed by atoms with Crippen molar-refractivity contribution in [3.63, 3.8) is 0 Å². The third kappa shape index (κ3) is 2.08. The molecule has 1 aliphatic rings. The summed E-state index contributed by atoms with van der Waals surface area (Å²) in [4.78, 5) is 2.19. The minimum absolute atomic E-state index is 0.513. The van der Waals surface area contributed by atoms with Crippen molar-refractivity contribution < 1.29 is 8.78 Å². The molecule has 0 radical (unpaired) electrons. The van der Waals surface area contributed by atoms with Gasteiger partial charge in [0.05, 0.1) is 0 Å². The van der Waals surface area contributed by atoms with Crippen LogP contribution in [0, 0.1) is 11.6 Å². The lowest BCUT2D eigenvalue weighted by atomic mass is 9.82. The lowest BCUT2D eigenvalue weighted by molar-refractivity contribution is 0.191. The van der Waals surface area contributed by atoms with Crippen LogP contribution in [0.3, 0.4) is 0 Å². The van der Waals surface area contributed by atoms with Gasteiger partial charge in [0, 0.05) is 5.54 Å². The molecule has 0 unspecified atom stereocenters. The van der Waals surface area contributed by atoms with Crippen LogP contribution in [0.4, 0.5) is 8.78 Å². The molecule has 1 aromatic carbocycles. The summed E-state index contributed by atoms with van der Waals surface area (Å²) in [5.41, 5.74) is 6.43. The molecular weight excluding hydrogens is 210 g/mol. The summed E-state index contributed by atoms with van der Waals surface area (Å²) >= 11 is 0. The number of nitrogens with zero attached hydrogens (tertiary/aromatic N) is 1. The van der Waals surface area contributed by atoms with Crippen LogP contribution in [0.25, 0.3) is 0 Å². The second-order valence-corrected chi connectivity index (χ2v) is 4.59. The van der Waals surface area contributed by atoms with Crippen molar-refractivity contribution in [1.29, 1.82) is 0 Å². The molecule has 0 atom stereocenters. The maximum absolute atomic E-state index is 13.1. The van der Waals surface area contributed by atoms with Crippen LogP contribution in [-0.2, 0) is 5.54 Å².